The van der Waals surface area contributed by atoms with Gasteiger partial charge < -0.3 is 15.1 Å². The van der Waals surface area contributed by atoms with E-state index in [1.54, 1.807) is 7.05 Å². The highest BCUT2D eigenvalue weighted by Crippen LogP contribution is 2.41. The molecule has 2 heterocycles. The molecule has 1 aromatic rings. The summed E-state index contributed by atoms with van der Waals surface area (Å²) in [5.41, 5.74) is -0.701. The lowest BCUT2D eigenvalue weighted by Gasteiger charge is -2.33. The average Bonchev–Trinajstić information content (AvgIpc) is 3.08. The molecule has 0 aliphatic carbocycles. The molecule has 0 spiro atoms. The van der Waals surface area contributed by atoms with Crippen molar-refractivity contribution in [1.29, 1.82) is 0 Å². The molecule has 0 fully saturated rings. The molecule has 1 aromatic carbocycles. The first kappa shape index (κ1) is 23.4. The number of benzene rings is 1. The first-order valence-corrected chi connectivity index (χ1v) is 10.2. The molecule has 0 saturated heterocycles. The predicted molar refractivity (Wildman–Crippen MR) is 111 cm³/mol. The van der Waals surface area contributed by atoms with Crippen LogP contribution in [-0.4, -0.2) is 65.8 Å². The van der Waals surface area contributed by atoms with Gasteiger partial charge in [-0.3, -0.25) is 14.5 Å². The highest BCUT2D eigenvalue weighted by atomic mass is 19.4. The number of nitrogens with zero attached hydrogens (tertiary/aromatic N) is 3. The van der Waals surface area contributed by atoms with Gasteiger partial charge in [-0.1, -0.05) is 24.3 Å². The average molecular weight is 450 g/mol. The van der Waals surface area contributed by atoms with Crippen LogP contribution in [0, 0.1) is 0 Å². The summed E-state index contributed by atoms with van der Waals surface area (Å²) in [4.78, 5) is 42.4. The Kier molecular flexibility index (Phi) is 6.61. The van der Waals surface area contributed by atoms with E-state index in [1.165, 1.54) is 39.0 Å². The Morgan fingerprint density at radius 2 is 2.00 bits per heavy atom. The van der Waals surface area contributed by atoms with E-state index in [0.717, 1.165) is 6.07 Å². The van der Waals surface area contributed by atoms with E-state index in [-0.39, 0.29) is 43.1 Å². The van der Waals surface area contributed by atoms with Crippen LogP contribution >= 0.6 is 0 Å². The van der Waals surface area contributed by atoms with Crippen LogP contribution in [0.1, 0.15) is 30.5 Å². The fourth-order valence-corrected chi connectivity index (χ4v) is 3.89. The van der Waals surface area contributed by atoms with Gasteiger partial charge in [0.1, 0.15) is 0 Å². The van der Waals surface area contributed by atoms with E-state index in [4.69, 9.17) is 0 Å². The largest absolute Gasteiger partial charge is 0.416 e. The van der Waals surface area contributed by atoms with Crippen molar-refractivity contribution in [3.8, 4) is 0 Å². The van der Waals surface area contributed by atoms with Crippen LogP contribution in [-0.2, 0) is 15.8 Å². The van der Waals surface area contributed by atoms with Crippen LogP contribution in [0.4, 0.5) is 18.0 Å². The summed E-state index contributed by atoms with van der Waals surface area (Å²) in [5.74, 6) is -0.649. The standard InChI is InChI=1S/C22H25F3N4O3/c1-4-11-29-16-13-28(12-10-17(30)27(3)5-2)20(31)18(16)19(26-21(29)32)14-8-6-7-9-15(14)22(23,24)25/h4,6-9,19H,1,5,10-13H2,2-3H3,(H,26,32). The van der Waals surface area contributed by atoms with E-state index in [1.807, 2.05) is 6.92 Å². The van der Waals surface area contributed by atoms with Gasteiger partial charge in [0.05, 0.1) is 29.4 Å². The van der Waals surface area contributed by atoms with E-state index >= 15 is 0 Å². The highest BCUT2D eigenvalue weighted by Gasteiger charge is 2.46. The van der Waals surface area contributed by atoms with E-state index in [0.29, 0.717) is 12.2 Å². The molecule has 3 rings (SSSR count). The molecule has 10 heteroatoms. The molecule has 7 nitrogen and oxygen atoms in total. The molecule has 1 atom stereocenters. The smallest absolute Gasteiger partial charge is 0.346 e. The van der Waals surface area contributed by atoms with Crippen molar-refractivity contribution in [2.75, 3.05) is 33.2 Å². The van der Waals surface area contributed by atoms with Gasteiger partial charge in [0.15, 0.2) is 0 Å². The molecule has 1 unspecified atom stereocenters. The van der Waals surface area contributed by atoms with E-state index in [9.17, 15) is 27.6 Å². The third-order valence-corrected chi connectivity index (χ3v) is 5.68. The maximum atomic E-state index is 13.6. The van der Waals surface area contributed by atoms with Crippen molar-refractivity contribution in [2.24, 2.45) is 0 Å². The molecule has 32 heavy (non-hydrogen) atoms. The maximum Gasteiger partial charge on any atom is 0.416 e. The number of alkyl halides is 3. The molecule has 1 N–H and O–H groups in total. The lowest BCUT2D eigenvalue weighted by molar-refractivity contribution is -0.138. The number of nitrogens with one attached hydrogen (secondary N) is 1. The monoisotopic (exact) mass is 450 g/mol. The van der Waals surface area contributed by atoms with Crippen LogP contribution in [0.15, 0.2) is 48.2 Å². The number of halogens is 3. The summed E-state index contributed by atoms with van der Waals surface area (Å²) in [7, 11) is 1.65. The Labute approximate surface area is 184 Å². The zero-order valence-electron chi connectivity index (χ0n) is 17.9. The summed E-state index contributed by atoms with van der Waals surface area (Å²) >= 11 is 0. The number of hydrogen-bond acceptors (Lipinski definition) is 3. The van der Waals surface area contributed by atoms with Crippen molar-refractivity contribution in [3.05, 3.63) is 59.3 Å². The van der Waals surface area contributed by atoms with Crippen molar-refractivity contribution in [3.63, 3.8) is 0 Å². The molecule has 0 saturated carbocycles. The maximum absolute atomic E-state index is 13.6. The Bertz CT molecular complexity index is 973. The number of hydrogen-bond donors (Lipinski definition) is 1. The number of amides is 4. The Balaban J connectivity index is 1.98. The molecule has 172 valence electrons. The minimum Gasteiger partial charge on any atom is -0.346 e. The Morgan fingerprint density at radius 3 is 2.62 bits per heavy atom. The van der Waals surface area contributed by atoms with Crippen LogP contribution in [0.5, 0.6) is 0 Å². The molecular formula is C22H25F3N4O3. The number of urea groups is 1. The van der Waals surface area contributed by atoms with Crippen LogP contribution in [0.25, 0.3) is 0 Å². The van der Waals surface area contributed by atoms with Gasteiger partial charge >= 0.3 is 12.2 Å². The minimum atomic E-state index is -4.65. The van der Waals surface area contributed by atoms with Crippen LogP contribution in [0.3, 0.4) is 0 Å². The number of carbonyl (C=O) groups excluding carboxylic acids is 3. The molecule has 0 bridgehead atoms. The second-order valence-electron chi connectivity index (χ2n) is 7.61. The second kappa shape index (κ2) is 9.05. The number of rotatable bonds is 7. The summed E-state index contributed by atoms with van der Waals surface area (Å²) < 4.78 is 40.9. The highest BCUT2D eigenvalue weighted by molar-refractivity contribution is 6.01. The van der Waals surface area contributed by atoms with Crippen molar-refractivity contribution in [1.82, 2.24) is 20.0 Å². The zero-order valence-corrected chi connectivity index (χ0v) is 17.9. The predicted octanol–water partition coefficient (Wildman–Crippen LogP) is 2.92. The van der Waals surface area contributed by atoms with E-state index < -0.39 is 29.7 Å². The summed E-state index contributed by atoms with van der Waals surface area (Å²) in [6.45, 7) is 6.18. The summed E-state index contributed by atoms with van der Waals surface area (Å²) in [6.07, 6.45) is -3.11. The molecule has 4 amide bonds. The van der Waals surface area contributed by atoms with Gasteiger partial charge in [0, 0.05) is 33.1 Å². The SMILES string of the molecule is C=CCN1C(=O)NC(c2ccccc2C(F)(F)F)C2=C1CN(CCC(=O)N(C)CC)C2=O. The summed E-state index contributed by atoms with van der Waals surface area (Å²) in [5, 5.41) is 2.55. The molecule has 0 radical (unpaired) electrons. The summed E-state index contributed by atoms with van der Waals surface area (Å²) in [6, 6.07) is 3.02. The van der Waals surface area contributed by atoms with Crippen molar-refractivity contribution in [2.45, 2.75) is 25.6 Å². The fraction of sp³-hybridized carbons (Fsp3) is 0.409. The van der Waals surface area contributed by atoms with E-state index in [2.05, 4.69) is 11.9 Å². The van der Waals surface area contributed by atoms with Gasteiger partial charge in [0.25, 0.3) is 5.91 Å². The normalized spacial score (nSPS) is 18.6. The third kappa shape index (κ3) is 4.35. The van der Waals surface area contributed by atoms with Gasteiger partial charge in [-0.2, -0.15) is 13.2 Å². The lowest BCUT2D eigenvalue weighted by atomic mass is 9.91. The van der Waals surface area contributed by atoms with Crippen LogP contribution < -0.4 is 5.32 Å². The first-order valence-electron chi connectivity index (χ1n) is 10.2. The lowest BCUT2D eigenvalue weighted by Crippen LogP contribution is -2.47. The van der Waals surface area contributed by atoms with Crippen molar-refractivity contribution >= 4 is 17.8 Å². The van der Waals surface area contributed by atoms with Gasteiger partial charge in [-0.15, -0.1) is 6.58 Å². The third-order valence-electron chi connectivity index (χ3n) is 5.68. The van der Waals surface area contributed by atoms with Gasteiger partial charge in [-0.25, -0.2) is 4.79 Å². The second-order valence-corrected chi connectivity index (χ2v) is 7.61. The van der Waals surface area contributed by atoms with Gasteiger partial charge in [-0.05, 0) is 18.6 Å². The molecule has 2 aliphatic rings. The van der Waals surface area contributed by atoms with Crippen LogP contribution in [0.2, 0.25) is 0 Å². The first-order chi connectivity index (χ1) is 15.1. The number of carbonyl (C=O) groups is 3. The quantitative estimate of drug-likeness (QED) is 0.650. The minimum absolute atomic E-state index is 0.0310. The fourth-order valence-electron chi connectivity index (χ4n) is 3.89. The van der Waals surface area contributed by atoms with Crippen molar-refractivity contribution < 1.29 is 27.6 Å². The van der Waals surface area contributed by atoms with Gasteiger partial charge in [0.2, 0.25) is 5.91 Å². The Hall–Kier alpha value is -3.30. The zero-order chi connectivity index (χ0) is 23.6. The molecule has 2 aliphatic heterocycles. The molecule has 0 aromatic heterocycles. The Morgan fingerprint density at radius 1 is 1.31 bits per heavy atom. The molecular weight excluding hydrogens is 425 g/mol. The topological polar surface area (TPSA) is 73.0 Å².